The van der Waals surface area contributed by atoms with Crippen molar-refractivity contribution in [1.29, 1.82) is 0 Å². The molecule has 0 amide bonds. The number of rotatable bonds is 3. The van der Waals surface area contributed by atoms with Crippen LogP contribution in [0.3, 0.4) is 0 Å². The predicted octanol–water partition coefficient (Wildman–Crippen LogP) is 0.454. The highest BCUT2D eigenvalue weighted by Gasteiger charge is 2.13. The van der Waals surface area contributed by atoms with E-state index in [-0.39, 0.29) is 0 Å². The van der Waals surface area contributed by atoms with Crippen LogP contribution >= 0.6 is 0 Å². The Morgan fingerprint density at radius 2 is 2.40 bits per heavy atom. The van der Waals surface area contributed by atoms with Crippen molar-refractivity contribution >= 4 is 0 Å². The van der Waals surface area contributed by atoms with E-state index >= 15 is 0 Å². The number of hydrogen-bond acceptors (Lipinski definition) is 3. The summed E-state index contributed by atoms with van der Waals surface area (Å²) in [6.45, 7) is 5.64. The molecular weight excluding hydrogens is 126 g/mol. The van der Waals surface area contributed by atoms with Crippen LogP contribution in [-0.4, -0.2) is 36.8 Å². The topological polar surface area (TPSA) is 18.5 Å². The lowest BCUT2D eigenvalue weighted by atomic mass is 10.5. The molecule has 3 nitrogen and oxygen atoms in total. The Kier molecular flexibility index (Phi) is 3.12. The maximum absolute atomic E-state index is 3.30. The second-order valence-corrected chi connectivity index (χ2v) is 2.77. The molecule has 1 fully saturated rings. The van der Waals surface area contributed by atoms with Gasteiger partial charge in [-0.1, -0.05) is 6.92 Å². The van der Waals surface area contributed by atoms with Gasteiger partial charge in [0.05, 0.1) is 0 Å². The molecule has 0 aromatic rings. The Morgan fingerprint density at radius 3 is 2.90 bits per heavy atom. The summed E-state index contributed by atoms with van der Waals surface area (Å²) in [7, 11) is 2.13. The fourth-order valence-electron chi connectivity index (χ4n) is 1.25. The monoisotopic (exact) mass is 143 g/mol. The molecule has 1 saturated heterocycles. The Labute approximate surface area is 62.9 Å². The van der Waals surface area contributed by atoms with Crippen molar-refractivity contribution in [1.82, 2.24) is 15.6 Å². The van der Waals surface area contributed by atoms with Crippen molar-refractivity contribution in [3.8, 4) is 0 Å². The van der Waals surface area contributed by atoms with Crippen molar-refractivity contribution in [3.05, 3.63) is 0 Å². The van der Waals surface area contributed by atoms with E-state index in [1.54, 1.807) is 0 Å². The molecule has 1 aliphatic rings. The summed E-state index contributed by atoms with van der Waals surface area (Å²) in [5.41, 5.74) is 3.30. The van der Waals surface area contributed by atoms with Crippen molar-refractivity contribution in [3.63, 3.8) is 0 Å². The van der Waals surface area contributed by atoms with E-state index in [2.05, 4.69) is 29.5 Å². The highest BCUT2D eigenvalue weighted by Crippen LogP contribution is 1.99. The van der Waals surface area contributed by atoms with Crippen molar-refractivity contribution in [2.24, 2.45) is 0 Å². The molecule has 0 saturated carbocycles. The van der Waals surface area contributed by atoms with Gasteiger partial charge in [-0.05, 0) is 12.8 Å². The van der Waals surface area contributed by atoms with Crippen LogP contribution in [0.15, 0.2) is 0 Å². The number of nitrogens with zero attached hydrogens (tertiary/aromatic N) is 2. The molecule has 0 bridgehead atoms. The first kappa shape index (κ1) is 7.98. The number of hydrazine groups is 2. The smallest absolute Gasteiger partial charge is 0.0303 e. The van der Waals surface area contributed by atoms with E-state index in [9.17, 15) is 0 Å². The van der Waals surface area contributed by atoms with Crippen LogP contribution in [0, 0.1) is 0 Å². The SMILES string of the molecule is CCCN(C)N1CCCN1. The van der Waals surface area contributed by atoms with E-state index in [4.69, 9.17) is 0 Å². The predicted molar refractivity (Wildman–Crippen MR) is 42.2 cm³/mol. The first-order chi connectivity index (χ1) is 4.84. The zero-order valence-corrected chi connectivity index (χ0v) is 6.93. The largest absolute Gasteiger partial charge is 0.241 e. The molecule has 1 N–H and O–H groups in total. The molecule has 60 valence electrons. The van der Waals surface area contributed by atoms with Gasteiger partial charge in [0.15, 0.2) is 0 Å². The van der Waals surface area contributed by atoms with Gasteiger partial charge in [-0.3, -0.25) is 0 Å². The zero-order valence-electron chi connectivity index (χ0n) is 6.93. The lowest BCUT2D eigenvalue weighted by molar-refractivity contribution is -0.0199. The van der Waals surface area contributed by atoms with E-state index in [0.717, 1.165) is 19.6 Å². The molecule has 0 unspecified atom stereocenters. The minimum absolute atomic E-state index is 1.13. The first-order valence-corrected chi connectivity index (χ1v) is 4.06. The van der Waals surface area contributed by atoms with Gasteiger partial charge in [-0.15, -0.1) is 0 Å². The molecule has 1 rings (SSSR count). The second-order valence-electron chi connectivity index (χ2n) is 2.77. The van der Waals surface area contributed by atoms with Crippen molar-refractivity contribution in [2.45, 2.75) is 19.8 Å². The van der Waals surface area contributed by atoms with Gasteiger partial charge in [0.25, 0.3) is 0 Å². The molecule has 10 heavy (non-hydrogen) atoms. The number of nitrogens with one attached hydrogen (secondary N) is 1. The molecule has 0 aliphatic carbocycles. The van der Waals surface area contributed by atoms with Crippen molar-refractivity contribution < 1.29 is 0 Å². The van der Waals surface area contributed by atoms with Gasteiger partial charge >= 0.3 is 0 Å². The van der Waals surface area contributed by atoms with Crippen molar-refractivity contribution in [2.75, 3.05) is 26.7 Å². The van der Waals surface area contributed by atoms with Crippen LogP contribution in [0.1, 0.15) is 19.8 Å². The molecular formula is C7H17N3. The van der Waals surface area contributed by atoms with Crippen LogP contribution in [0.5, 0.6) is 0 Å². The average molecular weight is 143 g/mol. The first-order valence-electron chi connectivity index (χ1n) is 4.06. The normalized spacial score (nSPS) is 20.7. The summed E-state index contributed by atoms with van der Waals surface area (Å²) in [6.07, 6.45) is 2.49. The Hall–Kier alpha value is -0.120. The third kappa shape index (κ3) is 1.94. The van der Waals surface area contributed by atoms with E-state index in [0.29, 0.717) is 0 Å². The van der Waals surface area contributed by atoms with Gasteiger partial charge in [-0.2, -0.15) is 5.12 Å². The summed E-state index contributed by atoms with van der Waals surface area (Å²) in [5, 5.41) is 4.44. The Bertz CT molecular complexity index is 88.9. The third-order valence-corrected chi connectivity index (χ3v) is 1.80. The summed E-state index contributed by atoms with van der Waals surface area (Å²) in [5.74, 6) is 0. The van der Waals surface area contributed by atoms with Crippen LogP contribution in [0.2, 0.25) is 0 Å². The molecule has 1 aliphatic heterocycles. The number of hydrogen-bond donors (Lipinski definition) is 1. The molecule has 0 atom stereocenters. The molecule has 1 heterocycles. The fraction of sp³-hybridized carbons (Fsp3) is 1.00. The lowest BCUT2D eigenvalue weighted by Gasteiger charge is -2.26. The summed E-state index contributed by atoms with van der Waals surface area (Å²) in [6, 6.07) is 0. The second kappa shape index (κ2) is 3.91. The highest BCUT2D eigenvalue weighted by atomic mass is 15.8. The van der Waals surface area contributed by atoms with Gasteiger partial charge in [0.2, 0.25) is 0 Å². The average Bonchev–Trinajstić information content (AvgIpc) is 2.38. The van der Waals surface area contributed by atoms with E-state index in [1.165, 1.54) is 12.8 Å². The molecule has 3 heteroatoms. The van der Waals surface area contributed by atoms with Crippen LogP contribution < -0.4 is 5.43 Å². The lowest BCUT2D eigenvalue weighted by Crippen LogP contribution is -2.44. The molecule has 0 spiro atoms. The maximum Gasteiger partial charge on any atom is 0.0303 e. The van der Waals surface area contributed by atoms with Crippen LogP contribution in [0.4, 0.5) is 0 Å². The summed E-state index contributed by atoms with van der Waals surface area (Å²) >= 11 is 0. The van der Waals surface area contributed by atoms with Gasteiger partial charge in [-0.25, -0.2) is 10.4 Å². The maximum atomic E-state index is 3.30. The molecule has 0 aromatic carbocycles. The van der Waals surface area contributed by atoms with Gasteiger partial charge < -0.3 is 0 Å². The van der Waals surface area contributed by atoms with Crippen LogP contribution in [0.25, 0.3) is 0 Å². The standard InChI is InChI=1S/C7H17N3/c1-3-6-9(2)10-7-4-5-8-10/h8H,3-7H2,1-2H3. The molecule has 0 aromatic heterocycles. The molecule has 0 radical (unpaired) electrons. The third-order valence-electron chi connectivity index (χ3n) is 1.80. The van der Waals surface area contributed by atoms with E-state index in [1.807, 2.05) is 0 Å². The quantitative estimate of drug-likeness (QED) is 0.619. The summed E-state index contributed by atoms with van der Waals surface area (Å²) < 4.78 is 0. The minimum atomic E-state index is 1.13. The van der Waals surface area contributed by atoms with Gasteiger partial charge in [0.1, 0.15) is 0 Å². The zero-order chi connectivity index (χ0) is 7.40. The van der Waals surface area contributed by atoms with Gasteiger partial charge in [0, 0.05) is 26.7 Å². The van der Waals surface area contributed by atoms with Crippen LogP contribution in [-0.2, 0) is 0 Å². The van der Waals surface area contributed by atoms with E-state index < -0.39 is 0 Å². The Morgan fingerprint density at radius 1 is 1.60 bits per heavy atom. The highest BCUT2D eigenvalue weighted by molar-refractivity contribution is 4.58. The minimum Gasteiger partial charge on any atom is -0.241 e. The fourth-order valence-corrected chi connectivity index (χ4v) is 1.25. The Balaban J connectivity index is 2.18. The summed E-state index contributed by atoms with van der Waals surface area (Å²) in [4.78, 5) is 0.